The number of hydrogen-bond acceptors (Lipinski definition) is 6. The van der Waals surface area contributed by atoms with Crippen LogP contribution in [-0.4, -0.2) is 40.6 Å². The van der Waals surface area contributed by atoms with Gasteiger partial charge < -0.3 is 14.4 Å². The number of anilines is 1. The van der Waals surface area contributed by atoms with Gasteiger partial charge >= 0.3 is 5.97 Å². The number of pyridine rings is 2. The van der Waals surface area contributed by atoms with Crippen molar-refractivity contribution in [2.45, 2.75) is 18.0 Å². The van der Waals surface area contributed by atoms with Crippen molar-refractivity contribution >= 4 is 27.7 Å². The minimum Gasteiger partial charge on any atom is -0.465 e. The van der Waals surface area contributed by atoms with Crippen LogP contribution in [0, 0.1) is 5.92 Å². The molecule has 0 fully saturated rings. The third-order valence-electron chi connectivity index (χ3n) is 4.78. The van der Waals surface area contributed by atoms with E-state index in [1.54, 1.807) is 24.7 Å². The van der Waals surface area contributed by atoms with Gasteiger partial charge in [-0.1, -0.05) is 18.2 Å². The Morgan fingerprint density at radius 2 is 2.03 bits per heavy atom. The van der Waals surface area contributed by atoms with Gasteiger partial charge in [0.05, 0.1) is 19.3 Å². The highest BCUT2D eigenvalue weighted by Gasteiger charge is 2.36. The highest BCUT2D eigenvalue weighted by Crippen LogP contribution is 2.36. The fourth-order valence-electron chi connectivity index (χ4n) is 3.09. The zero-order valence-electron chi connectivity index (χ0n) is 16.5. The molecule has 0 N–H and O–H groups in total. The molecule has 1 aliphatic rings. The van der Waals surface area contributed by atoms with E-state index in [2.05, 4.69) is 43.8 Å². The van der Waals surface area contributed by atoms with Gasteiger partial charge in [-0.3, -0.25) is 4.98 Å². The molecule has 2 aromatic heterocycles. The van der Waals surface area contributed by atoms with E-state index in [1.165, 1.54) is 7.11 Å². The number of esters is 1. The number of hydrogen-bond donors (Lipinski definition) is 0. The third-order valence-corrected chi connectivity index (χ3v) is 5.87. The second kappa shape index (κ2) is 9.80. The first-order valence-corrected chi connectivity index (χ1v) is 10.2. The van der Waals surface area contributed by atoms with E-state index in [1.807, 2.05) is 36.4 Å². The Morgan fingerprint density at radius 1 is 1.24 bits per heavy atom. The lowest BCUT2D eigenvalue weighted by atomic mass is 9.96. The first kappa shape index (κ1) is 21.2. The Labute approximate surface area is 179 Å². The maximum absolute atomic E-state index is 11.6. The molecule has 29 heavy (non-hydrogen) atoms. The van der Waals surface area contributed by atoms with Crippen molar-refractivity contribution in [2.24, 2.45) is 5.92 Å². The van der Waals surface area contributed by atoms with Gasteiger partial charge in [0.1, 0.15) is 10.3 Å². The van der Waals surface area contributed by atoms with E-state index in [0.717, 1.165) is 17.9 Å². The molecular formula is C22H24BrN3O3. The predicted molar refractivity (Wildman–Crippen MR) is 116 cm³/mol. The highest BCUT2D eigenvalue weighted by molar-refractivity contribution is 9.10. The molecule has 0 aliphatic heterocycles. The molecule has 2 aromatic rings. The van der Waals surface area contributed by atoms with E-state index in [0.29, 0.717) is 18.7 Å². The van der Waals surface area contributed by atoms with Crippen LogP contribution < -0.4 is 4.90 Å². The van der Waals surface area contributed by atoms with Gasteiger partial charge in [-0.15, -0.1) is 0 Å². The number of methoxy groups -OCH3 is 1. The molecule has 2 heterocycles. The van der Waals surface area contributed by atoms with Crippen LogP contribution >= 0.6 is 15.9 Å². The van der Waals surface area contributed by atoms with E-state index in [9.17, 15) is 4.79 Å². The lowest BCUT2D eigenvalue weighted by Crippen LogP contribution is -2.41. The first-order valence-electron chi connectivity index (χ1n) is 9.43. The second-order valence-electron chi connectivity index (χ2n) is 6.63. The highest BCUT2D eigenvalue weighted by atomic mass is 79.9. The van der Waals surface area contributed by atoms with Crippen molar-refractivity contribution in [1.29, 1.82) is 0 Å². The summed E-state index contributed by atoms with van der Waals surface area (Å²) in [7, 11) is 1.36. The Bertz CT molecular complexity index is 871. The lowest BCUT2D eigenvalue weighted by Gasteiger charge is -2.37. The van der Waals surface area contributed by atoms with E-state index < -0.39 is 10.5 Å². The summed E-state index contributed by atoms with van der Waals surface area (Å²) in [4.78, 5) is 22.3. The molecule has 152 valence electrons. The van der Waals surface area contributed by atoms with Gasteiger partial charge in [0.2, 0.25) is 0 Å². The van der Waals surface area contributed by atoms with Gasteiger partial charge in [0.25, 0.3) is 0 Å². The number of rotatable bonds is 8. The minimum absolute atomic E-state index is 0.0661. The summed E-state index contributed by atoms with van der Waals surface area (Å²) < 4.78 is 10.4. The molecule has 0 aromatic carbocycles. The van der Waals surface area contributed by atoms with Gasteiger partial charge in [-0.25, -0.2) is 9.78 Å². The van der Waals surface area contributed by atoms with Crippen molar-refractivity contribution in [3.63, 3.8) is 0 Å². The first-order chi connectivity index (χ1) is 14.1. The summed E-state index contributed by atoms with van der Waals surface area (Å²) in [5, 5.41) is 0. The molecule has 2 atom stereocenters. The summed E-state index contributed by atoms with van der Waals surface area (Å²) in [6.07, 6.45) is 13.2. The molecule has 0 spiro atoms. The van der Waals surface area contributed by atoms with Gasteiger partial charge in [0.15, 0.2) is 0 Å². The number of carbonyl (C=O) groups excluding carboxylic acids is 1. The van der Waals surface area contributed by atoms with E-state index in [4.69, 9.17) is 9.47 Å². The van der Waals surface area contributed by atoms with Crippen LogP contribution in [-0.2, 0) is 16.1 Å². The average Bonchev–Trinajstić information content (AvgIpc) is 2.77. The van der Waals surface area contributed by atoms with Gasteiger partial charge in [-0.05, 0) is 58.8 Å². The number of allylic oxidation sites excluding steroid dienone is 2. The van der Waals surface area contributed by atoms with Crippen LogP contribution in [0.2, 0.25) is 0 Å². The summed E-state index contributed by atoms with van der Waals surface area (Å²) in [6, 6.07) is 7.46. The van der Waals surface area contributed by atoms with Gasteiger partial charge in [-0.2, -0.15) is 0 Å². The van der Waals surface area contributed by atoms with E-state index in [-0.39, 0.29) is 5.92 Å². The number of alkyl halides is 1. The Balaban J connectivity index is 1.71. The summed E-state index contributed by atoms with van der Waals surface area (Å²) in [5.41, 5.74) is 1.50. The quantitative estimate of drug-likeness (QED) is 0.438. The molecule has 0 bridgehead atoms. The van der Waals surface area contributed by atoms with Crippen molar-refractivity contribution in [1.82, 2.24) is 9.97 Å². The van der Waals surface area contributed by atoms with Crippen molar-refractivity contribution < 1.29 is 14.3 Å². The smallest absolute Gasteiger partial charge is 0.339 e. The number of carbonyl (C=O) groups is 1. The molecular weight excluding hydrogens is 434 g/mol. The Hall–Kier alpha value is -2.51. The zero-order chi connectivity index (χ0) is 20.7. The molecule has 0 radical (unpaired) electrons. The predicted octanol–water partition coefficient (Wildman–Crippen LogP) is 4.14. The SMILES string of the molecule is CCN(CC1C=CC=CC1(Br)OCc1ccncc1)c1ccc(C(=O)OC)cn1. The van der Waals surface area contributed by atoms with Crippen molar-refractivity contribution in [2.75, 3.05) is 25.1 Å². The van der Waals surface area contributed by atoms with Crippen LogP contribution in [0.25, 0.3) is 0 Å². The molecule has 0 saturated heterocycles. The summed E-state index contributed by atoms with van der Waals surface area (Å²) in [5.74, 6) is 0.472. The van der Waals surface area contributed by atoms with Crippen LogP contribution in [0.1, 0.15) is 22.8 Å². The summed E-state index contributed by atoms with van der Waals surface area (Å²) >= 11 is 3.81. The molecule has 2 unspecified atom stereocenters. The standard InChI is InChI=1S/C22H24BrN3O3/c1-3-26(20-8-7-18(14-25-20)21(27)28-2)15-19-6-4-5-11-22(19,23)29-16-17-9-12-24-13-10-17/h4-14,19H,3,15-16H2,1-2H3. The van der Waals surface area contributed by atoms with Crippen LogP contribution in [0.15, 0.2) is 67.2 Å². The Morgan fingerprint density at radius 3 is 2.69 bits per heavy atom. The molecule has 6 nitrogen and oxygen atoms in total. The average molecular weight is 458 g/mol. The summed E-state index contributed by atoms with van der Waals surface area (Å²) in [6.45, 7) is 4.02. The molecule has 0 amide bonds. The minimum atomic E-state index is -0.621. The Kier molecular flexibility index (Phi) is 7.17. The number of halogens is 1. The largest absolute Gasteiger partial charge is 0.465 e. The number of nitrogens with zero attached hydrogens (tertiary/aromatic N) is 3. The van der Waals surface area contributed by atoms with Crippen LogP contribution in [0.3, 0.4) is 0 Å². The zero-order valence-corrected chi connectivity index (χ0v) is 18.1. The molecule has 3 rings (SSSR count). The molecule has 7 heteroatoms. The van der Waals surface area contributed by atoms with Gasteiger partial charge in [0, 0.05) is 37.6 Å². The maximum Gasteiger partial charge on any atom is 0.339 e. The van der Waals surface area contributed by atoms with Crippen LogP contribution in [0.4, 0.5) is 5.82 Å². The molecule has 1 aliphatic carbocycles. The third kappa shape index (κ3) is 5.31. The second-order valence-corrected chi connectivity index (χ2v) is 7.87. The molecule has 0 saturated carbocycles. The maximum atomic E-state index is 11.6. The lowest BCUT2D eigenvalue weighted by molar-refractivity contribution is 0.0253. The van der Waals surface area contributed by atoms with Crippen molar-refractivity contribution in [3.8, 4) is 0 Å². The van der Waals surface area contributed by atoms with Crippen molar-refractivity contribution in [3.05, 3.63) is 78.3 Å². The normalized spacial score (nSPS) is 20.4. The number of ether oxygens (including phenoxy) is 2. The fraction of sp³-hybridized carbons (Fsp3) is 0.318. The number of aromatic nitrogens is 2. The van der Waals surface area contributed by atoms with Crippen LogP contribution in [0.5, 0.6) is 0 Å². The fourth-order valence-corrected chi connectivity index (χ4v) is 3.65. The van der Waals surface area contributed by atoms with E-state index >= 15 is 0 Å². The monoisotopic (exact) mass is 457 g/mol. The topological polar surface area (TPSA) is 64.5 Å².